The molecule has 2 aromatic rings. The Kier molecular flexibility index (Phi) is 6.33. The number of hydrogen-bond donors (Lipinski definition) is 1. The predicted molar refractivity (Wildman–Crippen MR) is 96.5 cm³/mol. The van der Waals surface area contributed by atoms with Gasteiger partial charge in [-0.3, -0.25) is 0 Å². The first-order valence-electron chi connectivity index (χ1n) is 8.23. The van der Waals surface area contributed by atoms with E-state index in [9.17, 15) is 9.90 Å². The molecule has 0 spiro atoms. The number of ether oxygens (including phenoxy) is 1. The minimum absolute atomic E-state index is 0.260. The molecule has 24 heavy (non-hydrogen) atoms. The van der Waals surface area contributed by atoms with Crippen molar-refractivity contribution in [3.63, 3.8) is 0 Å². The number of carbonyl (C=O) groups is 1. The van der Waals surface area contributed by atoms with Gasteiger partial charge in [0.15, 0.2) is 5.60 Å². The predicted octanol–water partition coefficient (Wildman–Crippen LogP) is 4.79. The Labute approximate surface area is 143 Å². The first-order chi connectivity index (χ1) is 11.6. The topological polar surface area (TPSA) is 46.5 Å². The Morgan fingerprint density at radius 1 is 1.12 bits per heavy atom. The molecule has 126 valence electrons. The summed E-state index contributed by atoms with van der Waals surface area (Å²) in [6.07, 6.45) is 4.26. The summed E-state index contributed by atoms with van der Waals surface area (Å²) in [5.74, 6) is -1.19. The lowest BCUT2D eigenvalue weighted by atomic mass is 9.85. The van der Waals surface area contributed by atoms with Crippen LogP contribution in [0.4, 0.5) is 0 Å². The maximum atomic E-state index is 12.0. The van der Waals surface area contributed by atoms with Crippen LogP contribution in [0.5, 0.6) is 0 Å². The maximum Gasteiger partial charge on any atom is 0.336 e. The van der Waals surface area contributed by atoms with E-state index in [1.807, 2.05) is 86.7 Å². The van der Waals surface area contributed by atoms with Gasteiger partial charge in [-0.1, -0.05) is 86.7 Å². The van der Waals surface area contributed by atoms with Gasteiger partial charge in [0.25, 0.3) is 0 Å². The Morgan fingerprint density at radius 3 is 2.25 bits per heavy atom. The van der Waals surface area contributed by atoms with E-state index in [0.29, 0.717) is 6.42 Å². The standard InChI is InChI=1S/C21H24O3/c1-3-21(20(22)23,24-16-19-12-8-5-9-13-19)17(2)14-15-18-10-6-4-7-11-18/h4-15,17H,3,16H2,1-2H3,(H,22,23)/b15-14+/t17-,21+/m1/s1. The van der Waals surface area contributed by atoms with Crippen LogP contribution < -0.4 is 0 Å². The number of carboxylic acid groups (broad SMARTS) is 1. The minimum atomic E-state index is -1.23. The average molecular weight is 324 g/mol. The van der Waals surface area contributed by atoms with Crippen molar-refractivity contribution in [3.8, 4) is 0 Å². The van der Waals surface area contributed by atoms with E-state index in [0.717, 1.165) is 11.1 Å². The molecule has 0 aliphatic heterocycles. The summed E-state index contributed by atoms with van der Waals surface area (Å²) < 4.78 is 5.93. The van der Waals surface area contributed by atoms with Gasteiger partial charge in [-0.15, -0.1) is 0 Å². The highest BCUT2D eigenvalue weighted by Gasteiger charge is 2.42. The zero-order chi connectivity index (χ0) is 17.4. The Hall–Kier alpha value is -2.39. The summed E-state index contributed by atoms with van der Waals surface area (Å²) in [6, 6.07) is 19.5. The Morgan fingerprint density at radius 2 is 1.71 bits per heavy atom. The molecule has 2 atom stereocenters. The van der Waals surface area contributed by atoms with Crippen LogP contribution in [-0.4, -0.2) is 16.7 Å². The molecule has 0 saturated heterocycles. The summed E-state index contributed by atoms with van der Waals surface area (Å²) in [6.45, 7) is 4.03. The molecule has 0 amide bonds. The molecule has 0 heterocycles. The van der Waals surface area contributed by atoms with Gasteiger partial charge < -0.3 is 9.84 Å². The second kappa shape index (κ2) is 8.46. The number of carboxylic acids is 1. The van der Waals surface area contributed by atoms with Crippen LogP contribution in [0.25, 0.3) is 6.08 Å². The molecule has 3 heteroatoms. The summed E-state index contributed by atoms with van der Waals surface area (Å²) in [5.41, 5.74) is 0.778. The second-order valence-corrected chi connectivity index (χ2v) is 5.88. The Bertz CT molecular complexity index is 664. The molecule has 0 aromatic heterocycles. The molecule has 0 saturated carbocycles. The third kappa shape index (κ3) is 4.33. The SMILES string of the molecule is CC[C@@](OCc1ccccc1)(C(=O)O)[C@H](C)/C=C/c1ccccc1. The summed E-state index contributed by atoms with van der Waals surface area (Å²) in [4.78, 5) is 12.0. The van der Waals surface area contributed by atoms with Crippen LogP contribution in [0.2, 0.25) is 0 Å². The van der Waals surface area contributed by atoms with Crippen LogP contribution in [0.3, 0.4) is 0 Å². The first-order valence-corrected chi connectivity index (χ1v) is 8.23. The molecule has 1 N–H and O–H groups in total. The zero-order valence-corrected chi connectivity index (χ0v) is 14.2. The van der Waals surface area contributed by atoms with Crippen molar-refractivity contribution in [2.75, 3.05) is 0 Å². The molecule has 0 radical (unpaired) electrons. The highest BCUT2D eigenvalue weighted by atomic mass is 16.5. The third-order valence-electron chi connectivity index (χ3n) is 4.34. The molecule has 0 fully saturated rings. The van der Waals surface area contributed by atoms with E-state index in [4.69, 9.17) is 4.74 Å². The van der Waals surface area contributed by atoms with Crippen molar-refractivity contribution in [1.82, 2.24) is 0 Å². The van der Waals surface area contributed by atoms with Crippen LogP contribution in [0.1, 0.15) is 31.4 Å². The lowest BCUT2D eigenvalue weighted by Crippen LogP contribution is -2.46. The average Bonchev–Trinajstić information content (AvgIpc) is 2.62. The quantitative estimate of drug-likeness (QED) is 0.759. The van der Waals surface area contributed by atoms with Gasteiger partial charge >= 0.3 is 5.97 Å². The van der Waals surface area contributed by atoms with Crippen LogP contribution in [-0.2, 0) is 16.1 Å². The highest BCUT2D eigenvalue weighted by molar-refractivity contribution is 5.78. The fourth-order valence-corrected chi connectivity index (χ4v) is 2.72. The van der Waals surface area contributed by atoms with E-state index < -0.39 is 11.6 Å². The van der Waals surface area contributed by atoms with Gasteiger partial charge in [0.2, 0.25) is 0 Å². The summed E-state index contributed by atoms with van der Waals surface area (Å²) in [5, 5.41) is 9.81. The number of benzene rings is 2. The maximum absolute atomic E-state index is 12.0. The van der Waals surface area contributed by atoms with Crippen molar-refractivity contribution in [2.24, 2.45) is 5.92 Å². The monoisotopic (exact) mass is 324 g/mol. The second-order valence-electron chi connectivity index (χ2n) is 5.88. The molecule has 0 unspecified atom stereocenters. The van der Waals surface area contributed by atoms with Gasteiger partial charge in [0.05, 0.1) is 6.61 Å². The van der Waals surface area contributed by atoms with Gasteiger partial charge in [-0.2, -0.15) is 0 Å². The normalized spacial score (nSPS) is 15.1. The molecule has 0 aliphatic rings. The number of rotatable bonds is 8. The fraction of sp³-hybridized carbons (Fsp3) is 0.286. The lowest BCUT2D eigenvalue weighted by Gasteiger charge is -2.33. The molecule has 0 bridgehead atoms. The molecule has 0 aliphatic carbocycles. The van der Waals surface area contributed by atoms with E-state index in [2.05, 4.69) is 0 Å². The van der Waals surface area contributed by atoms with Crippen molar-refractivity contribution in [3.05, 3.63) is 77.9 Å². The van der Waals surface area contributed by atoms with E-state index in [1.54, 1.807) is 0 Å². The van der Waals surface area contributed by atoms with Crippen LogP contribution in [0, 0.1) is 5.92 Å². The Balaban J connectivity index is 2.16. The number of aliphatic carboxylic acids is 1. The smallest absolute Gasteiger partial charge is 0.336 e. The largest absolute Gasteiger partial charge is 0.479 e. The molecular weight excluding hydrogens is 300 g/mol. The molecule has 2 aromatic carbocycles. The van der Waals surface area contributed by atoms with Gasteiger partial charge in [0, 0.05) is 5.92 Å². The first kappa shape index (κ1) is 18.0. The van der Waals surface area contributed by atoms with Gasteiger partial charge in [-0.25, -0.2) is 4.79 Å². The van der Waals surface area contributed by atoms with E-state index >= 15 is 0 Å². The lowest BCUT2D eigenvalue weighted by molar-refractivity contribution is -0.174. The summed E-state index contributed by atoms with van der Waals surface area (Å²) >= 11 is 0. The van der Waals surface area contributed by atoms with Crippen LogP contribution in [0.15, 0.2) is 66.7 Å². The van der Waals surface area contributed by atoms with Gasteiger partial charge in [-0.05, 0) is 17.5 Å². The van der Waals surface area contributed by atoms with E-state index in [1.165, 1.54) is 0 Å². The number of hydrogen-bond acceptors (Lipinski definition) is 2. The molecular formula is C21H24O3. The van der Waals surface area contributed by atoms with Gasteiger partial charge in [0.1, 0.15) is 0 Å². The highest BCUT2D eigenvalue weighted by Crippen LogP contribution is 2.29. The van der Waals surface area contributed by atoms with Crippen molar-refractivity contribution in [1.29, 1.82) is 0 Å². The van der Waals surface area contributed by atoms with Crippen LogP contribution >= 0.6 is 0 Å². The fourth-order valence-electron chi connectivity index (χ4n) is 2.72. The summed E-state index contributed by atoms with van der Waals surface area (Å²) in [7, 11) is 0. The third-order valence-corrected chi connectivity index (χ3v) is 4.34. The minimum Gasteiger partial charge on any atom is -0.479 e. The van der Waals surface area contributed by atoms with E-state index in [-0.39, 0.29) is 12.5 Å². The zero-order valence-electron chi connectivity index (χ0n) is 14.2. The molecule has 2 rings (SSSR count). The van der Waals surface area contributed by atoms with Crippen molar-refractivity contribution >= 4 is 12.0 Å². The van der Waals surface area contributed by atoms with Crippen molar-refractivity contribution in [2.45, 2.75) is 32.5 Å². The van der Waals surface area contributed by atoms with Crippen molar-refractivity contribution < 1.29 is 14.6 Å². The molecule has 3 nitrogen and oxygen atoms in total.